The fraction of sp³-hybridized carbons (Fsp3) is 0.304. The van der Waals surface area contributed by atoms with Crippen molar-refractivity contribution < 1.29 is 0 Å². The molecule has 4 aromatic rings. The van der Waals surface area contributed by atoms with Gasteiger partial charge in [-0.1, -0.05) is 6.07 Å². The van der Waals surface area contributed by atoms with E-state index >= 15 is 0 Å². The fourth-order valence-electron chi connectivity index (χ4n) is 3.58. The summed E-state index contributed by atoms with van der Waals surface area (Å²) >= 11 is 1.58. The molecule has 3 aromatic heterocycles. The van der Waals surface area contributed by atoms with Crippen LogP contribution in [0.3, 0.4) is 0 Å². The van der Waals surface area contributed by atoms with Crippen molar-refractivity contribution in [1.82, 2.24) is 24.5 Å². The number of nitrogens with zero attached hydrogens (tertiary/aromatic N) is 6. The number of hydrogen-bond donors (Lipinski definition) is 1. The quantitative estimate of drug-likeness (QED) is 0.426. The highest BCUT2D eigenvalue weighted by atomic mass is 32.1. The number of hydrogen-bond acceptors (Lipinski definition) is 7. The molecular weight excluding hydrogens is 406 g/mol. The van der Waals surface area contributed by atoms with E-state index in [0.29, 0.717) is 5.95 Å². The Morgan fingerprint density at radius 1 is 1.00 bits per heavy atom. The van der Waals surface area contributed by atoms with E-state index in [2.05, 4.69) is 65.0 Å². The molecule has 0 aliphatic heterocycles. The number of rotatable bonds is 7. The van der Waals surface area contributed by atoms with Crippen LogP contribution < -0.4 is 10.2 Å². The second kappa shape index (κ2) is 8.85. The zero-order valence-corrected chi connectivity index (χ0v) is 19.4. The van der Waals surface area contributed by atoms with E-state index in [-0.39, 0.29) is 0 Å². The summed E-state index contributed by atoms with van der Waals surface area (Å²) < 4.78 is 1.81. The first-order valence-electron chi connectivity index (χ1n) is 10.4. The van der Waals surface area contributed by atoms with Crippen molar-refractivity contribution in [2.24, 2.45) is 0 Å². The molecular formula is C23H27N7S. The molecule has 0 aliphatic carbocycles. The lowest BCUT2D eigenvalue weighted by Gasteiger charge is -2.24. The van der Waals surface area contributed by atoms with Crippen LogP contribution in [0.25, 0.3) is 17.2 Å². The van der Waals surface area contributed by atoms with Gasteiger partial charge in [0.05, 0.1) is 11.4 Å². The molecule has 1 aromatic carbocycles. The average Bonchev–Trinajstić information content (AvgIpc) is 3.41. The number of aromatic nitrogens is 5. The second-order valence-electron chi connectivity index (χ2n) is 7.48. The SMILES string of the molecule is CCN(CC)c1cc(Nc2nc(-c3cnc(-n4cnc(C)c4)nc3)cs2)c(C)cc1C. The monoisotopic (exact) mass is 433 g/mol. The largest absolute Gasteiger partial charge is 0.372 e. The lowest BCUT2D eigenvalue weighted by molar-refractivity contribution is 0.861. The van der Waals surface area contributed by atoms with Gasteiger partial charge in [0.1, 0.15) is 6.33 Å². The molecule has 0 atom stereocenters. The predicted octanol–water partition coefficient (Wildman–Crippen LogP) is 5.30. The number of imidazole rings is 1. The van der Waals surface area contributed by atoms with Gasteiger partial charge in [-0.3, -0.25) is 4.57 Å². The Labute approximate surface area is 186 Å². The van der Waals surface area contributed by atoms with Crippen LogP contribution in [0.4, 0.5) is 16.5 Å². The molecule has 0 saturated heterocycles. The van der Waals surface area contributed by atoms with Gasteiger partial charge in [0.15, 0.2) is 5.13 Å². The van der Waals surface area contributed by atoms with Crippen molar-refractivity contribution in [1.29, 1.82) is 0 Å². The zero-order chi connectivity index (χ0) is 22.0. The van der Waals surface area contributed by atoms with Gasteiger partial charge in [-0.05, 0) is 51.8 Å². The summed E-state index contributed by atoms with van der Waals surface area (Å²) in [7, 11) is 0. The Hall–Kier alpha value is -3.26. The molecule has 0 aliphatic rings. The average molecular weight is 434 g/mol. The van der Waals surface area contributed by atoms with Crippen LogP contribution in [0.15, 0.2) is 42.4 Å². The van der Waals surface area contributed by atoms with Crippen LogP contribution in [0.2, 0.25) is 0 Å². The summed E-state index contributed by atoms with van der Waals surface area (Å²) in [6, 6.07) is 4.46. The first-order chi connectivity index (χ1) is 15.0. The summed E-state index contributed by atoms with van der Waals surface area (Å²) in [6.45, 7) is 12.6. The molecule has 0 spiro atoms. The highest BCUT2D eigenvalue weighted by Crippen LogP contribution is 2.32. The van der Waals surface area contributed by atoms with Crippen LogP contribution in [0.1, 0.15) is 30.7 Å². The number of benzene rings is 1. The summed E-state index contributed by atoms with van der Waals surface area (Å²) in [5.41, 5.74) is 7.50. The maximum Gasteiger partial charge on any atom is 0.234 e. The van der Waals surface area contributed by atoms with Gasteiger partial charge in [0.25, 0.3) is 0 Å². The number of nitrogens with one attached hydrogen (secondary N) is 1. The molecule has 4 rings (SSSR count). The summed E-state index contributed by atoms with van der Waals surface area (Å²) in [5.74, 6) is 0.595. The van der Waals surface area contributed by atoms with Crippen molar-refractivity contribution >= 4 is 27.8 Å². The Morgan fingerprint density at radius 2 is 1.74 bits per heavy atom. The third kappa shape index (κ3) is 4.44. The summed E-state index contributed by atoms with van der Waals surface area (Å²) in [5, 5.41) is 6.37. The molecule has 3 heterocycles. The third-order valence-corrected chi connectivity index (χ3v) is 6.03. The smallest absolute Gasteiger partial charge is 0.234 e. The topological polar surface area (TPSA) is 71.8 Å². The molecule has 0 unspecified atom stereocenters. The van der Waals surface area contributed by atoms with Crippen LogP contribution >= 0.6 is 11.3 Å². The van der Waals surface area contributed by atoms with Gasteiger partial charge in [-0.25, -0.2) is 19.9 Å². The minimum Gasteiger partial charge on any atom is -0.372 e. The van der Waals surface area contributed by atoms with Crippen LogP contribution in [0.5, 0.6) is 0 Å². The van der Waals surface area contributed by atoms with Gasteiger partial charge >= 0.3 is 0 Å². The van der Waals surface area contributed by atoms with Crippen molar-refractivity contribution in [3.05, 3.63) is 59.3 Å². The predicted molar refractivity (Wildman–Crippen MR) is 128 cm³/mol. The molecule has 0 bridgehead atoms. The highest BCUT2D eigenvalue weighted by Gasteiger charge is 2.12. The molecule has 0 amide bonds. The van der Waals surface area contributed by atoms with E-state index in [4.69, 9.17) is 4.98 Å². The first kappa shape index (κ1) is 21.0. The standard InChI is InChI=1S/C23H27N7S/c1-6-29(7-2)21-9-19(15(3)8-16(21)4)27-23-28-20(13-31-23)18-10-24-22(25-11-18)30-12-17(5)26-14-30/h8-14H,6-7H2,1-5H3,(H,27,28). The Balaban J connectivity index is 1.55. The minimum absolute atomic E-state index is 0.595. The van der Waals surface area contributed by atoms with E-state index in [1.165, 1.54) is 16.8 Å². The van der Waals surface area contributed by atoms with E-state index in [9.17, 15) is 0 Å². The van der Waals surface area contributed by atoms with E-state index < -0.39 is 0 Å². The summed E-state index contributed by atoms with van der Waals surface area (Å²) in [4.78, 5) is 20.3. The highest BCUT2D eigenvalue weighted by molar-refractivity contribution is 7.14. The molecule has 7 nitrogen and oxygen atoms in total. The molecule has 0 saturated carbocycles. The maximum atomic E-state index is 4.76. The van der Waals surface area contributed by atoms with Gasteiger partial charge in [0, 0.05) is 54.0 Å². The zero-order valence-electron chi connectivity index (χ0n) is 18.5. The molecule has 0 radical (unpaired) electrons. The molecule has 31 heavy (non-hydrogen) atoms. The van der Waals surface area contributed by atoms with E-state index in [1.54, 1.807) is 34.6 Å². The molecule has 0 fully saturated rings. The van der Waals surface area contributed by atoms with Crippen LogP contribution in [-0.2, 0) is 0 Å². The normalized spacial score (nSPS) is 11.0. The van der Waals surface area contributed by atoms with Gasteiger partial charge in [0.2, 0.25) is 5.95 Å². The second-order valence-corrected chi connectivity index (χ2v) is 8.34. The summed E-state index contributed by atoms with van der Waals surface area (Å²) in [6.07, 6.45) is 7.21. The van der Waals surface area contributed by atoms with E-state index in [0.717, 1.165) is 40.9 Å². The Kier molecular flexibility index (Phi) is 5.99. The van der Waals surface area contributed by atoms with Crippen molar-refractivity contribution in [3.8, 4) is 17.2 Å². The fourth-order valence-corrected chi connectivity index (χ4v) is 4.31. The lowest BCUT2D eigenvalue weighted by Crippen LogP contribution is -2.22. The van der Waals surface area contributed by atoms with E-state index in [1.807, 2.05) is 18.5 Å². The van der Waals surface area contributed by atoms with Crippen LogP contribution in [0, 0.1) is 20.8 Å². The molecule has 160 valence electrons. The van der Waals surface area contributed by atoms with Gasteiger partial charge in [-0.2, -0.15) is 0 Å². The number of aryl methyl sites for hydroxylation is 3. The molecule has 8 heteroatoms. The van der Waals surface area contributed by atoms with Crippen molar-refractivity contribution in [3.63, 3.8) is 0 Å². The van der Waals surface area contributed by atoms with Crippen molar-refractivity contribution in [2.45, 2.75) is 34.6 Å². The maximum absolute atomic E-state index is 4.76. The Bertz CT molecular complexity index is 1170. The lowest BCUT2D eigenvalue weighted by atomic mass is 10.1. The minimum atomic E-state index is 0.595. The van der Waals surface area contributed by atoms with Crippen molar-refractivity contribution in [2.75, 3.05) is 23.3 Å². The van der Waals surface area contributed by atoms with Gasteiger partial charge < -0.3 is 10.2 Å². The Morgan fingerprint density at radius 3 is 2.39 bits per heavy atom. The number of thiazole rings is 1. The van der Waals surface area contributed by atoms with Gasteiger partial charge in [-0.15, -0.1) is 11.3 Å². The molecule has 1 N–H and O–H groups in total. The third-order valence-electron chi connectivity index (χ3n) is 5.27. The number of anilines is 3. The van der Waals surface area contributed by atoms with Crippen LogP contribution in [-0.4, -0.2) is 37.6 Å². The first-order valence-corrected chi connectivity index (χ1v) is 11.3.